The Morgan fingerprint density at radius 1 is 1.60 bits per heavy atom. The molecule has 0 spiro atoms. The number of nitrogens with zero attached hydrogens (tertiary/aromatic N) is 4. The van der Waals surface area contributed by atoms with E-state index in [1.165, 1.54) is 0 Å². The molecule has 0 saturated carbocycles. The average molecular weight is 280 g/mol. The van der Waals surface area contributed by atoms with Gasteiger partial charge in [-0.05, 0) is 20.8 Å². The average Bonchev–Trinajstić information content (AvgIpc) is 2.88. The molecule has 0 bridgehead atoms. The van der Waals surface area contributed by atoms with Gasteiger partial charge < -0.3 is 10.6 Å². The lowest BCUT2D eigenvalue weighted by Crippen LogP contribution is -2.57. The molecule has 1 atom stereocenters. The van der Waals surface area contributed by atoms with Crippen molar-refractivity contribution in [2.24, 2.45) is 0 Å². The number of carbonyl (C=O) groups is 1. The van der Waals surface area contributed by atoms with Crippen molar-refractivity contribution < 1.29 is 4.79 Å². The third kappa shape index (κ3) is 3.34. The van der Waals surface area contributed by atoms with Gasteiger partial charge in [-0.25, -0.2) is 9.67 Å². The lowest BCUT2D eigenvalue weighted by atomic mass is 10.1. The normalized spacial score (nSPS) is 20.3. The van der Waals surface area contributed by atoms with Gasteiger partial charge in [0.05, 0.1) is 6.54 Å². The van der Waals surface area contributed by atoms with Crippen LogP contribution in [0, 0.1) is 0 Å². The van der Waals surface area contributed by atoms with Crippen molar-refractivity contribution >= 4 is 5.91 Å². The molecule has 0 radical (unpaired) electrons. The molecule has 1 aliphatic rings. The summed E-state index contributed by atoms with van der Waals surface area (Å²) in [4.78, 5) is 18.6. The summed E-state index contributed by atoms with van der Waals surface area (Å²) >= 11 is 0. The molecular formula is C13H24N6O. The van der Waals surface area contributed by atoms with Gasteiger partial charge in [0, 0.05) is 32.2 Å². The molecule has 1 amide bonds. The first-order valence-electron chi connectivity index (χ1n) is 7.24. The van der Waals surface area contributed by atoms with Crippen LogP contribution in [0.5, 0.6) is 0 Å². The monoisotopic (exact) mass is 280 g/mol. The summed E-state index contributed by atoms with van der Waals surface area (Å²) < 4.78 is 1.91. The predicted octanol–water partition coefficient (Wildman–Crippen LogP) is -0.231. The van der Waals surface area contributed by atoms with Crippen LogP contribution in [0.15, 0.2) is 6.33 Å². The molecule has 1 aliphatic heterocycles. The minimum atomic E-state index is -0.138. The van der Waals surface area contributed by atoms with E-state index < -0.39 is 0 Å². The zero-order chi connectivity index (χ0) is 14.5. The largest absolute Gasteiger partial charge is 0.355 e. The summed E-state index contributed by atoms with van der Waals surface area (Å²) in [6, 6.07) is 0.138. The highest BCUT2D eigenvalue weighted by molar-refractivity contribution is 5.82. The maximum Gasteiger partial charge on any atom is 0.238 e. The number of likely N-dealkylation sites (N-methyl/N-ethyl adjacent to an activating group) is 1. The van der Waals surface area contributed by atoms with E-state index in [0.717, 1.165) is 18.9 Å². The number of hydrogen-bond acceptors (Lipinski definition) is 5. The SMILES string of the molecule is CCNC(=O)C1CNCCN1Cc1ncnn1C(C)C. The van der Waals surface area contributed by atoms with E-state index in [9.17, 15) is 4.79 Å². The molecule has 0 aliphatic carbocycles. The van der Waals surface area contributed by atoms with E-state index in [1.54, 1.807) is 6.33 Å². The molecule has 0 aromatic carbocycles. The molecule has 2 N–H and O–H groups in total. The van der Waals surface area contributed by atoms with Crippen LogP contribution >= 0.6 is 0 Å². The van der Waals surface area contributed by atoms with E-state index >= 15 is 0 Å². The Kier molecular flexibility index (Phi) is 5.08. The fourth-order valence-corrected chi connectivity index (χ4v) is 2.49. The molecule has 1 saturated heterocycles. The number of carbonyl (C=O) groups excluding carboxylic acids is 1. The molecule has 1 unspecified atom stereocenters. The molecule has 1 aromatic rings. The molecule has 1 fully saturated rings. The first-order valence-corrected chi connectivity index (χ1v) is 7.24. The lowest BCUT2D eigenvalue weighted by Gasteiger charge is -2.34. The maximum absolute atomic E-state index is 12.1. The standard InChI is InChI=1S/C13H24N6O/c1-4-15-13(20)11-7-14-5-6-18(11)8-12-16-9-17-19(12)10(2)3/h9-11,14H,4-8H2,1-3H3,(H,15,20). The Labute approximate surface area is 119 Å². The summed E-state index contributed by atoms with van der Waals surface area (Å²) in [5, 5.41) is 10.4. The number of hydrogen-bond donors (Lipinski definition) is 2. The molecule has 1 aromatic heterocycles. The highest BCUT2D eigenvalue weighted by Gasteiger charge is 2.29. The molecule has 2 heterocycles. The summed E-state index contributed by atoms with van der Waals surface area (Å²) in [5.74, 6) is 0.992. The van der Waals surface area contributed by atoms with Crippen LogP contribution in [0.2, 0.25) is 0 Å². The maximum atomic E-state index is 12.1. The van der Waals surface area contributed by atoms with Crippen molar-refractivity contribution in [1.82, 2.24) is 30.3 Å². The minimum Gasteiger partial charge on any atom is -0.355 e. The third-order valence-corrected chi connectivity index (χ3v) is 3.49. The summed E-state index contributed by atoms with van der Waals surface area (Å²) in [6.07, 6.45) is 1.58. The molecule has 20 heavy (non-hydrogen) atoms. The Hall–Kier alpha value is -1.47. The topological polar surface area (TPSA) is 75.1 Å². The Balaban J connectivity index is 2.08. The van der Waals surface area contributed by atoms with Gasteiger partial charge in [-0.2, -0.15) is 5.10 Å². The number of piperazine rings is 1. The fourth-order valence-electron chi connectivity index (χ4n) is 2.49. The van der Waals surface area contributed by atoms with Crippen LogP contribution in [-0.4, -0.2) is 57.8 Å². The van der Waals surface area contributed by atoms with Crippen molar-refractivity contribution in [3.63, 3.8) is 0 Å². The van der Waals surface area contributed by atoms with Gasteiger partial charge in [0.1, 0.15) is 18.2 Å². The van der Waals surface area contributed by atoms with Gasteiger partial charge in [-0.15, -0.1) is 0 Å². The zero-order valence-electron chi connectivity index (χ0n) is 12.5. The predicted molar refractivity (Wildman–Crippen MR) is 76.2 cm³/mol. The van der Waals surface area contributed by atoms with Crippen molar-refractivity contribution in [2.75, 3.05) is 26.2 Å². The summed E-state index contributed by atoms with van der Waals surface area (Å²) in [6.45, 7) is 9.83. The molecular weight excluding hydrogens is 256 g/mol. The number of rotatable bonds is 5. The van der Waals surface area contributed by atoms with E-state index in [1.807, 2.05) is 11.6 Å². The van der Waals surface area contributed by atoms with Gasteiger partial charge in [-0.1, -0.05) is 0 Å². The minimum absolute atomic E-state index is 0.0790. The number of aromatic nitrogens is 3. The van der Waals surface area contributed by atoms with Crippen LogP contribution in [0.4, 0.5) is 0 Å². The van der Waals surface area contributed by atoms with E-state index in [2.05, 4.69) is 39.5 Å². The zero-order valence-corrected chi connectivity index (χ0v) is 12.5. The number of amides is 1. The lowest BCUT2D eigenvalue weighted by molar-refractivity contribution is -0.127. The Bertz CT molecular complexity index is 444. The molecule has 112 valence electrons. The highest BCUT2D eigenvalue weighted by atomic mass is 16.2. The third-order valence-electron chi connectivity index (χ3n) is 3.49. The first kappa shape index (κ1) is 14.9. The van der Waals surface area contributed by atoms with Crippen LogP contribution in [0.25, 0.3) is 0 Å². The van der Waals surface area contributed by atoms with Gasteiger partial charge in [0.15, 0.2) is 0 Å². The van der Waals surface area contributed by atoms with Crippen molar-refractivity contribution in [2.45, 2.75) is 39.4 Å². The van der Waals surface area contributed by atoms with Gasteiger partial charge in [0.25, 0.3) is 0 Å². The fraction of sp³-hybridized carbons (Fsp3) is 0.769. The van der Waals surface area contributed by atoms with Crippen molar-refractivity contribution in [1.29, 1.82) is 0 Å². The quantitative estimate of drug-likeness (QED) is 0.779. The van der Waals surface area contributed by atoms with Gasteiger partial charge >= 0.3 is 0 Å². The van der Waals surface area contributed by atoms with Crippen molar-refractivity contribution in [3.05, 3.63) is 12.2 Å². The Morgan fingerprint density at radius 3 is 3.10 bits per heavy atom. The second-order valence-electron chi connectivity index (χ2n) is 5.30. The van der Waals surface area contributed by atoms with E-state index in [-0.39, 0.29) is 18.0 Å². The first-order chi connectivity index (χ1) is 9.63. The van der Waals surface area contributed by atoms with Crippen LogP contribution in [-0.2, 0) is 11.3 Å². The molecule has 2 rings (SSSR count). The van der Waals surface area contributed by atoms with Crippen LogP contribution in [0.3, 0.4) is 0 Å². The number of nitrogens with one attached hydrogen (secondary N) is 2. The van der Waals surface area contributed by atoms with Crippen LogP contribution in [0.1, 0.15) is 32.6 Å². The summed E-state index contributed by atoms with van der Waals surface area (Å²) in [7, 11) is 0. The smallest absolute Gasteiger partial charge is 0.238 e. The Morgan fingerprint density at radius 2 is 2.40 bits per heavy atom. The van der Waals surface area contributed by atoms with Crippen LogP contribution < -0.4 is 10.6 Å². The second-order valence-corrected chi connectivity index (χ2v) is 5.30. The van der Waals surface area contributed by atoms with Gasteiger partial charge in [-0.3, -0.25) is 9.69 Å². The second kappa shape index (κ2) is 6.81. The van der Waals surface area contributed by atoms with Gasteiger partial charge in [0.2, 0.25) is 5.91 Å². The summed E-state index contributed by atoms with van der Waals surface area (Å²) in [5.41, 5.74) is 0. The highest BCUT2D eigenvalue weighted by Crippen LogP contribution is 2.12. The van der Waals surface area contributed by atoms with Crippen molar-refractivity contribution in [3.8, 4) is 0 Å². The molecule has 7 nitrogen and oxygen atoms in total. The molecule has 7 heteroatoms. The van der Waals surface area contributed by atoms with E-state index in [0.29, 0.717) is 19.6 Å². The van der Waals surface area contributed by atoms with E-state index in [4.69, 9.17) is 0 Å².